The molecule has 0 aliphatic rings. The lowest BCUT2D eigenvalue weighted by atomic mass is 10.7. The molecule has 4 heteroatoms. The molecular formula is C4H5I3O. The van der Waals surface area contributed by atoms with Crippen molar-refractivity contribution in [1.29, 1.82) is 0 Å². The van der Waals surface area contributed by atoms with Crippen molar-refractivity contribution in [1.82, 2.24) is 0 Å². The summed E-state index contributed by atoms with van der Waals surface area (Å²) in [5, 5.41) is 0. The highest BCUT2D eigenvalue weighted by Gasteiger charge is 2.22. The Balaban J connectivity index is 3.91. The molecule has 0 saturated carbocycles. The van der Waals surface area contributed by atoms with Crippen LogP contribution in [0.1, 0.15) is 0 Å². The van der Waals surface area contributed by atoms with E-state index in [1.54, 1.807) is 7.11 Å². The van der Waals surface area contributed by atoms with Gasteiger partial charge in [-0.2, -0.15) is 0 Å². The largest absolute Gasteiger partial charge is 0.354 e. The van der Waals surface area contributed by atoms with Crippen LogP contribution in [-0.4, -0.2) is 8.72 Å². The van der Waals surface area contributed by atoms with E-state index < -0.39 is 0 Å². The zero-order valence-corrected chi connectivity index (χ0v) is 10.7. The summed E-state index contributed by atoms with van der Waals surface area (Å²) in [7, 11) is 1.67. The van der Waals surface area contributed by atoms with Gasteiger partial charge in [-0.3, -0.25) is 0 Å². The van der Waals surface area contributed by atoms with E-state index in [9.17, 15) is 0 Å². The number of rotatable bonds is 2. The Morgan fingerprint density at radius 3 is 2.00 bits per heavy atom. The van der Waals surface area contributed by atoms with Gasteiger partial charge in [0.2, 0.25) is 0 Å². The summed E-state index contributed by atoms with van der Waals surface area (Å²) in [4.78, 5) is 0. The summed E-state index contributed by atoms with van der Waals surface area (Å²) in [6, 6.07) is 0. The van der Waals surface area contributed by atoms with Gasteiger partial charge in [0.25, 0.3) is 0 Å². The average Bonchev–Trinajstić information content (AvgIpc) is 1.67. The maximum absolute atomic E-state index is 5.07. The van der Waals surface area contributed by atoms with Crippen LogP contribution in [0.3, 0.4) is 0 Å². The molecule has 48 valence electrons. The first-order valence-electron chi connectivity index (χ1n) is 1.78. The lowest BCUT2D eigenvalue weighted by molar-refractivity contribution is 0.206. The molecule has 0 heterocycles. The summed E-state index contributed by atoms with van der Waals surface area (Å²) in [5.74, 6) is 0. The molecule has 0 spiro atoms. The first-order chi connectivity index (χ1) is 3.50. The minimum Gasteiger partial charge on any atom is -0.354 e. The fraction of sp³-hybridized carbons (Fsp3) is 0.500. The van der Waals surface area contributed by atoms with Gasteiger partial charge in [0.1, 0.15) is 0 Å². The summed E-state index contributed by atoms with van der Waals surface area (Å²) in [6.07, 6.45) is 0. The van der Waals surface area contributed by atoms with E-state index in [-0.39, 0.29) is 1.61 Å². The van der Waals surface area contributed by atoms with Gasteiger partial charge in [-0.1, -0.05) is 6.58 Å². The molecule has 0 saturated heterocycles. The Bertz CT molecular complexity index is 99.5. The molecule has 0 fully saturated rings. The van der Waals surface area contributed by atoms with Crippen LogP contribution in [0.25, 0.3) is 0 Å². The van der Waals surface area contributed by atoms with Crippen LogP contribution in [0, 0.1) is 0 Å². The molecule has 0 aliphatic heterocycles. The Morgan fingerprint density at radius 2 is 2.00 bits per heavy atom. The standard InChI is InChI=1S/C4H5I3O/c1-3(5)4(6,7)8-2/h1H2,2H3. The lowest BCUT2D eigenvalue weighted by Crippen LogP contribution is -2.11. The van der Waals surface area contributed by atoms with Crippen molar-refractivity contribution in [3.63, 3.8) is 0 Å². The monoisotopic (exact) mass is 450 g/mol. The van der Waals surface area contributed by atoms with E-state index in [1.165, 1.54) is 0 Å². The molecule has 1 nitrogen and oxygen atoms in total. The molecule has 0 rings (SSSR count). The third-order valence-electron chi connectivity index (χ3n) is 0.572. The topological polar surface area (TPSA) is 9.23 Å². The van der Waals surface area contributed by atoms with E-state index in [4.69, 9.17) is 4.74 Å². The second kappa shape index (κ2) is 3.91. The van der Waals surface area contributed by atoms with Gasteiger partial charge in [0.05, 0.1) is 0 Å². The SMILES string of the molecule is C=C(I)C(I)(I)OC. The predicted octanol–water partition coefficient (Wildman–Crippen LogP) is 3.11. The molecule has 0 amide bonds. The number of alkyl halides is 2. The Hall–Kier alpha value is 1.89. The molecule has 0 unspecified atom stereocenters. The maximum Gasteiger partial charge on any atom is 0.199 e. The Morgan fingerprint density at radius 1 is 1.62 bits per heavy atom. The van der Waals surface area contributed by atoms with Crippen LogP contribution in [0.15, 0.2) is 10.2 Å². The fourth-order valence-corrected chi connectivity index (χ4v) is 0.331. The molecule has 0 aromatic heterocycles. The first kappa shape index (κ1) is 9.89. The average molecular weight is 450 g/mol. The minimum atomic E-state index is -0.226. The van der Waals surface area contributed by atoms with Crippen molar-refractivity contribution >= 4 is 67.8 Å². The van der Waals surface area contributed by atoms with Gasteiger partial charge in [-0.15, -0.1) is 0 Å². The maximum atomic E-state index is 5.07. The van der Waals surface area contributed by atoms with E-state index >= 15 is 0 Å². The second-order valence-electron chi connectivity index (χ2n) is 1.13. The first-order valence-corrected chi connectivity index (χ1v) is 5.02. The lowest BCUT2D eigenvalue weighted by Gasteiger charge is -2.16. The number of ether oxygens (including phenoxy) is 1. The third-order valence-corrected chi connectivity index (χ3v) is 5.58. The molecule has 0 aromatic carbocycles. The van der Waals surface area contributed by atoms with Crippen molar-refractivity contribution in [3.8, 4) is 0 Å². The van der Waals surface area contributed by atoms with Crippen molar-refractivity contribution < 1.29 is 4.74 Å². The van der Waals surface area contributed by atoms with Gasteiger partial charge in [-0.25, -0.2) is 0 Å². The number of hydrogen-bond donors (Lipinski definition) is 0. The highest BCUT2D eigenvalue weighted by Crippen LogP contribution is 2.38. The van der Waals surface area contributed by atoms with Crippen LogP contribution in [0.5, 0.6) is 0 Å². The number of halogens is 3. The number of methoxy groups -OCH3 is 1. The second-order valence-corrected chi connectivity index (χ2v) is 7.53. The normalized spacial score (nSPS) is 11.5. The quantitative estimate of drug-likeness (QED) is 0.465. The van der Waals surface area contributed by atoms with Crippen LogP contribution in [0.2, 0.25) is 0 Å². The van der Waals surface area contributed by atoms with E-state index in [1.807, 2.05) is 0 Å². The summed E-state index contributed by atoms with van der Waals surface area (Å²) in [5.41, 5.74) is 0. The van der Waals surface area contributed by atoms with Crippen molar-refractivity contribution in [2.75, 3.05) is 7.11 Å². The Kier molecular flexibility index (Phi) is 4.84. The van der Waals surface area contributed by atoms with E-state index in [2.05, 4.69) is 74.4 Å². The number of hydrogen-bond acceptors (Lipinski definition) is 1. The molecule has 0 atom stereocenters. The van der Waals surface area contributed by atoms with Crippen LogP contribution < -0.4 is 0 Å². The van der Waals surface area contributed by atoms with Crippen LogP contribution in [-0.2, 0) is 4.74 Å². The molecule has 0 N–H and O–H groups in total. The van der Waals surface area contributed by atoms with Crippen LogP contribution >= 0.6 is 67.8 Å². The van der Waals surface area contributed by atoms with Gasteiger partial charge in [0.15, 0.2) is 1.61 Å². The van der Waals surface area contributed by atoms with E-state index in [0.29, 0.717) is 0 Å². The Labute approximate surface area is 90.0 Å². The van der Waals surface area contributed by atoms with Crippen molar-refractivity contribution in [2.24, 2.45) is 0 Å². The van der Waals surface area contributed by atoms with E-state index in [0.717, 1.165) is 3.58 Å². The summed E-state index contributed by atoms with van der Waals surface area (Å²) in [6.45, 7) is 3.74. The highest BCUT2D eigenvalue weighted by atomic mass is 127. The molecule has 0 radical (unpaired) electrons. The van der Waals surface area contributed by atoms with Gasteiger partial charge >= 0.3 is 0 Å². The summed E-state index contributed by atoms with van der Waals surface area (Å²) < 4.78 is 5.84. The molecular weight excluding hydrogens is 445 g/mol. The predicted molar refractivity (Wildman–Crippen MR) is 60.9 cm³/mol. The van der Waals surface area contributed by atoms with Gasteiger partial charge < -0.3 is 4.74 Å². The zero-order chi connectivity index (χ0) is 6.78. The van der Waals surface area contributed by atoms with Crippen molar-refractivity contribution in [3.05, 3.63) is 10.2 Å². The minimum absolute atomic E-state index is 0.226. The third kappa shape index (κ3) is 3.16. The van der Waals surface area contributed by atoms with Gasteiger partial charge in [-0.05, 0) is 67.8 Å². The van der Waals surface area contributed by atoms with Crippen LogP contribution in [0.4, 0.5) is 0 Å². The fourth-order valence-electron chi connectivity index (χ4n) is 0.111. The molecule has 0 bridgehead atoms. The zero-order valence-electron chi connectivity index (χ0n) is 4.25. The smallest absolute Gasteiger partial charge is 0.199 e. The van der Waals surface area contributed by atoms with Gasteiger partial charge in [0, 0.05) is 10.7 Å². The molecule has 0 aliphatic carbocycles. The molecule has 0 aromatic rings. The summed E-state index contributed by atoms with van der Waals surface area (Å²) >= 11 is 6.52. The highest BCUT2D eigenvalue weighted by molar-refractivity contribution is 14.2. The van der Waals surface area contributed by atoms with Crippen molar-refractivity contribution in [2.45, 2.75) is 1.61 Å². The molecule has 8 heavy (non-hydrogen) atoms.